The fraction of sp³-hybridized carbons (Fsp3) is 0.444. The summed E-state index contributed by atoms with van der Waals surface area (Å²) in [6, 6.07) is 3.83. The lowest BCUT2D eigenvalue weighted by Crippen LogP contribution is -2.41. The van der Waals surface area contributed by atoms with Crippen molar-refractivity contribution in [1.29, 1.82) is 0 Å². The maximum atomic E-state index is 11.7. The summed E-state index contributed by atoms with van der Waals surface area (Å²) in [5.74, 6) is 0.830. The summed E-state index contributed by atoms with van der Waals surface area (Å²) in [5, 5.41) is 16.5. The highest BCUT2D eigenvalue weighted by molar-refractivity contribution is 5.91. The van der Waals surface area contributed by atoms with Crippen molar-refractivity contribution in [2.45, 2.75) is 51.2 Å². The van der Waals surface area contributed by atoms with Gasteiger partial charge in [0.05, 0.1) is 18.0 Å². The molecule has 1 saturated carbocycles. The van der Waals surface area contributed by atoms with Crippen LogP contribution in [0.2, 0.25) is 0 Å². The van der Waals surface area contributed by atoms with Crippen LogP contribution in [0.15, 0.2) is 24.5 Å². The lowest BCUT2D eigenvalue weighted by Gasteiger charge is -2.36. The summed E-state index contributed by atoms with van der Waals surface area (Å²) >= 11 is 0. The van der Waals surface area contributed by atoms with Crippen molar-refractivity contribution in [2.75, 3.05) is 4.90 Å². The lowest BCUT2D eigenvalue weighted by atomic mass is 9.91. The fourth-order valence-electron chi connectivity index (χ4n) is 3.51. The van der Waals surface area contributed by atoms with Crippen LogP contribution < -0.4 is 9.64 Å². The van der Waals surface area contributed by atoms with Crippen LogP contribution in [-0.2, 0) is 6.42 Å². The zero-order valence-electron chi connectivity index (χ0n) is 13.7. The van der Waals surface area contributed by atoms with Crippen LogP contribution in [0, 0.1) is 0 Å². The van der Waals surface area contributed by atoms with Crippen LogP contribution in [-0.4, -0.2) is 33.5 Å². The predicted octanol–water partition coefficient (Wildman–Crippen LogP) is 3.83. The number of carboxylic acid groups (broad SMARTS) is 1. The van der Waals surface area contributed by atoms with E-state index in [0.29, 0.717) is 0 Å². The number of hydrogen-bond donors (Lipinski definition) is 2. The van der Waals surface area contributed by atoms with E-state index in [1.54, 1.807) is 6.20 Å². The summed E-state index contributed by atoms with van der Waals surface area (Å²) in [4.78, 5) is 13.2. The summed E-state index contributed by atoms with van der Waals surface area (Å²) in [7, 11) is 0. The molecule has 2 aromatic rings. The first-order chi connectivity index (χ1) is 11.6. The van der Waals surface area contributed by atoms with Crippen molar-refractivity contribution < 1.29 is 14.6 Å². The molecule has 1 fully saturated rings. The number of nitrogens with one attached hydrogen (secondary N) is 1. The highest BCUT2D eigenvalue weighted by Gasteiger charge is 2.32. The molecule has 2 heterocycles. The van der Waals surface area contributed by atoms with Gasteiger partial charge in [0.25, 0.3) is 0 Å². The molecule has 1 atom stereocenters. The van der Waals surface area contributed by atoms with Gasteiger partial charge in [-0.25, -0.2) is 4.79 Å². The lowest BCUT2D eigenvalue weighted by molar-refractivity contribution is 0.119. The molecule has 1 aromatic carbocycles. The highest BCUT2D eigenvalue weighted by Crippen LogP contribution is 2.44. The van der Waals surface area contributed by atoms with E-state index in [1.807, 2.05) is 25.3 Å². The third-order valence-electron chi connectivity index (χ3n) is 5.10. The Labute approximate surface area is 140 Å². The molecule has 126 valence electrons. The van der Waals surface area contributed by atoms with Crippen molar-refractivity contribution in [1.82, 2.24) is 10.2 Å². The van der Waals surface area contributed by atoms with Gasteiger partial charge in [-0.15, -0.1) is 0 Å². The van der Waals surface area contributed by atoms with Crippen LogP contribution in [0.3, 0.4) is 0 Å². The van der Waals surface area contributed by atoms with Crippen molar-refractivity contribution in [2.24, 2.45) is 0 Å². The van der Waals surface area contributed by atoms with E-state index in [4.69, 9.17) is 4.74 Å². The van der Waals surface area contributed by atoms with Gasteiger partial charge >= 0.3 is 6.09 Å². The van der Waals surface area contributed by atoms with Gasteiger partial charge in [-0.05, 0) is 51.2 Å². The number of rotatable bonds is 3. The molecule has 6 heteroatoms. The van der Waals surface area contributed by atoms with E-state index in [2.05, 4.69) is 10.2 Å². The molecule has 0 spiro atoms. The Bertz CT molecular complexity index is 753. The molecule has 1 aromatic heterocycles. The summed E-state index contributed by atoms with van der Waals surface area (Å²) in [6.45, 7) is 1.95. The molecule has 1 aliphatic heterocycles. The fourth-order valence-corrected chi connectivity index (χ4v) is 3.51. The topological polar surface area (TPSA) is 78.5 Å². The number of ether oxygens (including phenoxy) is 1. The summed E-state index contributed by atoms with van der Waals surface area (Å²) in [6.07, 6.45) is 7.89. The van der Waals surface area contributed by atoms with Crippen molar-refractivity contribution >= 4 is 11.8 Å². The third-order valence-corrected chi connectivity index (χ3v) is 5.10. The first-order valence-electron chi connectivity index (χ1n) is 8.49. The summed E-state index contributed by atoms with van der Waals surface area (Å²) < 4.78 is 6.31. The molecular weight excluding hydrogens is 306 g/mol. The minimum atomic E-state index is -0.908. The quantitative estimate of drug-likeness (QED) is 0.898. The Kier molecular flexibility index (Phi) is 3.67. The van der Waals surface area contributed by atoms with Crippen LogP contribution >= 0.6 is 0 Å². The minimum absolute atomic E-state index is 0.0219. The molecule has 0 unspecified atom stereocenters. The SMILES string of the molecule is C[C@H]1CCc2c(ccc(-c3cn[nH]c3)c2OC2CCC2)N1C(=O)O. The molecule has 2 aliphatic rings. The zero-order valence-corrected chi connectivity index (χ0v) is 13.7. The predicted molar refractivity (Wildman–Crippen MR) is 90.6 cm³/mol. The van der Waals surface area contributed by atoms with Gasteiger partial charge in [-0.3, -0.25) is 10.00 Å². The second-order valence-corrected chi connectivity index (χ2v) is 6.64. The number of hydrogen-bond acceptors (Lipinski definition) is 3. The molecule has 1 amide bonds. The van der Waals surface area contributed by atoms with Gasteiger partial charge in [0.1, 0.15) is 5.75 Å². The van der Waals surface area contributed by atoms with Crippen molar-refractivity contribution in [3.05, 3.63) is 30.1 Å². The zero-order chi connectivity index (χ0) is 16.7. The monoisotopic (exact) mass is 327 g/mol. The van der Waals surface area contributed by atoms with Crippen LogP contribution in [0.25, 0.3) is 11.1 Å². The number of benzene rings is 1. The highest BCUT2D eigenvalue weighted by atomic mass is 16.5. The summed E-state index contributed by atoms with van der Waals surface area (Å²) in [5.41, 5.74) is 3.70. The number of aromatic amines is 1. The molecule has 2 N–H and O–H groups in total. The van der Waals surface area contributed by atoms with Crippen molar-refractivity contribution in [3.63, 3.8) is 0 Å². The van der Waals surface area contributed by atoms with Crippen molar-refractivity contribution in [3.8, 4) is 16.9 Å². The second kappa shape index (κ2) is 5.85. The number of amides is 1. The second-order valence-electron chi connectivity index (χ2n) is 6.64. The number of fused-ring (bicyclic) bond motifs is 1. The largest absolute Gasteiger partial charge is 0.489 e. The molecule has 4 rings (SSSR count). The molecular formula is C18H21N3O3. The minimum Gasteiger partial charge on any atom is -0.489 e. The molecule has 0 radical (unpaired) electrons. The van der Waals surface area contributed by atoms with E-state index >= 15 is 0 Å². The maximum Gasteiger partial charge on any atom is 0.412 e. The van der Waals surface area contributed by atoms with Crippen LogP contribution in [0.4, 0.5) is 10.5 Å². The van der Waals surface area contributed by atoms with Gasteiger partial charge in [0.2, 0.25) is 0 Å². The third kappa shape index (κ3) is 2.42. The molecule has 0 bridgehead atoms. The Hall–Kier alpha value is -2.50. The number of nitrogens with zero attached hydrogens (tertiary/aromatic N) is 2. The smallest absolute Gasteiger partial charge is 0.412 e. The normalized spacial score (nSPS) is 20.4. The Morgan fingerprint density at radius 2 is 2.21 bits per heavy atom. The number of H-pyrrole nitrogens is 1. The Morgan fingerprint density at radius 3 is 2.83 bits per heavy atom. The standard InChI is InChI=1S/C18H21N3O3/c1-11-5-6-15-16(21(11)18(22)23)8-7-14(12-9-19-20-10-12)17(15)24-13-3-2-4-13/h7-11,13H,2-6H2,1H3,(H,19,20)(H,22,23)/t11-/m0/s1. The molecule has 6 nitrogen and oxygen atoms in total. The van der Waals surface area contributed by atoms with E-state index in [9.17, 15) is 9.90 Å². The Balaban J connectivity index is 1.84. The van der Waals surface area contributed by atoms with E-state index in [1.165, 1.54) is 11.3 Å². The van der Waals surface area contributed by atoms with Gasteiger partial charge < -0.3 is 9.84 Å². The van der Waals surface area contributed by atoms with E-state index in [0.717, 1.165) is 53.8 Å². The van der Waals surface area contributed by atoms with Crippen LogP contribution in [0.1, 0.15) is 38.2 Å². The van der Waals surface area contributed by atoms with E-state index < -0.39 is 6.09 Å². The Morgan fingerprint density at radius 1 is 1.38 bits per heavy atom. The first-order valence-corrected chi connectivity index (χ1v) is 8.49. The number of carbonyl (C=O) groups is 1. The average Bonchev–Trinajstić information content (AvgIpc) is 3.04. The van der Waals surface area contributed by atoms with Crippen LogP contribution in [0.5, 0.6) is 5.75 Å². The average molecular weight is 327 g/mol. The van der Waals surface area contributed by atoms with E-state index in [-0.39, 0.29) is 12.1 Å². The van der Waals surface area contributed by atoms with Gasteiger partial charge in [-0.1, -0.05) is 0 Å². The maximum absolute atomic E-state index is 11.7. The molecule has 1 aliphatic carbocycles. The van der Waals surface area contributed by atoms with Gasteiger partial charge in [0, 0.05) is 28.9 Å². The first kappa shape index (κ1) is 15.1. The molecule has 0 saturated heterocycles. The number of aromatic nitrogens is 2. The van der Waals surface area contributed by atoms with Gasteiger partial charge in [-0.2, -0.15) is 5.10 Å². The molecule has 24 heavy (non-hydrogen) atoms. The van der Waals surface area contributed by atoms with Gasteiger partial charge in [0.15, 0.2) is 0 Å². The number of anilines is 1.